The molecule has 0 N–H and O–H groups in total. The van der Waals surface area contributed by atoms with Crippen molar-refractivity contribution in [3.8, 4) is 112 Å². The molecule has 6 heterocycles. The number of aromatic nitrogens is 12. The predicted octanol–water partition coefficient (Wildman–Crippen LogP) is 27.1. The van der Waals surface area contributed by atoms with E-state index in [1.807, 2.05) is 50.4 Å². The van der Waals surface area contributed by atoms with Gasteiger partial charge in [0.2, 0.25) is 0 Å². The van der Waals surface area contributed by atoms with E-state index in [0.717, 1.165) is 11.8 Å². The Hall–Kier alpha value is -13.3. The molecule has 0 unspecified atom stereocenters. The lowest BCUT2D eigenvalue weighted by Crippen LogP contribution is -2.33. The minimum Gasteiger partial charge on any atom is -0.232 e. The van der Waals surface area contributed by atoms with Gasteiger partial charge in [0, 0.05) is 55.6 Å². The lowest BCUT2D eigenvalue weighted by Gasteiger charge is -2.23. The first kappa shape index (κ1) is 98.2. The fourth-order valence-corrected chi connectivity index (χ4v) is 22.0. The van der Waals surface area contributed by atoms with Crippen LogP contribution < -0.4 is 27.4 Å². The van der Waals surface area contributed by atoms with Crippen LogP contribution >= 0.6 is 0 Å². The highest BCUT2D eigenvalue weighted by Crippen LogP contribution is 2.44. The molecule has 6 aromatic heterocycles. The van der Waals surface area contributed by atoms with Gasteiger partial charge in [0.05, 0.1) is 53.4 Å². The van der Waals surface area contributed by atoms with Gasteiger partial charge in [0.15, 0.2) is 12.4 Å². The fraction of sp³-hybridized carbons (Fsp3) is 0.328. The molecule has 12 nitrogen and oxygen atoms in total. The molecule has 4 fully saturated rings. The molecule has 0 amide bonds. The summed E-state index contributed by atoms with van der Waals surface area (Å²) in [4.78, 5) is 26.7. The average Bonchev–Trinajstić information content (AvgIpc) is 1.14. The number of rotatable bonds is 16. The number of hydrogen-bond donors (Lipinski definition) is 0. The maximum atomic E-state index is 4.51. The third kappa shape index (κ3) is 24.0. The molecular formula is C125H144N12+6. The Morgan fingerprint density at radius 1 is 0.219 bits per heavy atom. The summed E-state index contributed by atoms with van der Waals surface area (Å²) < 4.78 is 13.0. The van der Waals surface area contributed by atoms with E-state index in [1.165, 1.54) is 324 Å². The van der Waals surface area contributed by atoms with Crippen LogP contribution in [-0.2, 0) is 55.1 Å². The van der Waals surface area contributed by atoms with Gasteiger partial charge < -0.3 is 0 Å². The van der Waals surface area contributed by atoms with Crippen molar-refractivity contribution >= 4 is 0 Å². The maximum Gasteiger partial charge on any atom is 0.286 e. The van der Waals surface area contributed by atoms with Gasteiger partial charge in [-0.25, -0.2) is 27.4 Å². The SMILES string of the molecule is Cc1ccc(-c2cc(C)c(-c3cnc[n+](C)c3-c3ccccc3C)c(C)c2)cc1.Cc1ccccc1-c1c(-c2c(C)cc(-c3ccccc3)cc2C)cnc[n+]1C.Cc1ccccc1-c1c(C2CCCC2)cnc[n+]1C.Cc1ccccc1-c1c(C2CCCCC2)cnc[n+]1C.Cc1ccccc1-c1c(CC2CCCC2)cnc[n+]1C.Cc1ccccc1-c1c(CC2CCCCC2)cnc[n+]1C. The van der Waals surface area contributed by atoms with Crippen LogP contribution in [0.3, 0.4) is 0 Å². The molecule has 0 atom stereocenters. The molecule has 0 saturated heterocycles. The molecule has 10 aromatic carbocycles. The third-order valence-corrected chi connectivity index (χ3v) is 29.1. The quantitative estimate of drug-likeness (QED) is 0.0894. The minimum absolute atomic E-state index is 0.679. The van der Waals surface area contributed by atoms with Crippen LogP contribution in [0.5, 0.6) is 0 Å². The first-order valence-electron chi connectivity index (χ1n) is 50.3. The topological polar surface area (TPSA) is 101 Å². The Morgan fingerprint density at radius 3 is 0.796 bits per heavy atom. The van der Waals surface area contributed by atoms with Gasteiger partial charge in [0.1, 0.15) is 59.0 Å². The molecule has 698 valence electrons. The lowest BCUT2D eigenvalue weighted by atomic mass is 9.82. The largest absolute Gasteiger partial charge is 0.286 e. The second-order valence-electron chi connectivity index (χ2n) is 39.4. The average molecular weight is 1810 g/mol. The van der Waals surface area contributed by atoms with Gasteiger partial charge >= 0.3 is 0 Å². The normalized spacial score (nSPS) is 13.9. The highest BCUT2D eigenvalue weighted by atomic mass is 15.0. The van der Waals surface area contributed by atoms with Gasteiger partial charge in [-0.1, -0.05) is 350 Å². The molecule has 20 rings (SSSR count). The van der Waals surface area contributed by atoms with Crippen molar-refractivity contribution in [3.05, 3.63) is 383 Å². The second-order valence-corrected chi connectivity index (χ2v) is 39.4. The molecule has 137 heavy (non-hydrogen) atoms. The van der Waals surface area contributed by atoms with E-state index in [9.17, 15) is 0 Å². The highest BCUT2D eigenvalue weighted by Gasteiger charge is 2.31. The van der Waals surface area contributed by atoms with Gasteiger partial charge in [0.25, 0.3) is 38.0 Å². The number of hydrogen-bond acceptors (Lipinski definition) is 6. The monoisotopic (exact) mass is 1810 g/mol. The van der Waals surface area contributed by atoms with Crippen molar-refractivity contribution in [1.82, 2.24) is 29.9 Å². The third-order valence-electron chi connectivity index (χ3n) is 29.1. The fourth-order valence-electron chi connectivity index (χ4n) is 22.0. The summed E-state index contributed by atoms with van der Waals surface area (Å²) in [6.07, 6.45) is 50.7. The molecule has 0 aliphatic heterocycles. The standard InChI is InChI=1S/C27H27N2.C26H25N2.C19H25N2.2C18H23N2.C17H21N2/c1-18-10-12-22(13-11-18)23-14-20(3)26(21(4)15-23)25-16-28-17-29(5)27(25)24-9-7-6-8-19(24)2;1-18-10-8-9-13-23(18)26-24(16-27-17-28(26)4)25-19(2)14-22(15-20(25)3)21-11-6-5-7-12-21;1-15-8-6-7-11-18(15)19-17(13-20-14-21(19)2)12-16-9-4-3-5-10-16;1-14-7-3-6-10-17(14)18-16(12-19-13-20(18)2)11-15-8-4-5-9-15;1-14-8-6-7-11-16(14)18-17(12-19-13-20(18)2)15-9-4-3-5-10-15;1-13-7-3-6-10-15(13)17-16(11-18-12-19(17)2)14-8-4-5-9-14/h6-17H,1-5H3;5-17H,1-4H3;6-8,11,13-14,16H,3-5,9-10,12H2,1-2H3;3,6-7,10,12-13,15H,4-5,8-9,11H2,1-2H3;6-8,11-13,15H,3-5,9-10H2,1-2H3;3,6-7,10-12,14H,4-5,8-9H2,1-2H3/q6*+1. The summed E-state index contributed by atoms with van der Waals surface area (Å²) in [5.41, 5.74) is 45.4. The van der Waals surface area contributed by atoms with Crippen LogP contribution in [0.1, 0.15) is 211 Å². The molecule has 4 saturated carbocycles. The van der Waals surface area contributed by atoms with Crippen LogP contribution in [0.25, 0.3) is 112 Å². The summed E-state index contributed by atoms with van der Waals surface area (Å²) in [7, 11) is 12.6. The molecule has 0 spiro atoms. The van der Waals surface area contributed by atoms with E-state index < -0.39 is 0 Å². The summed E-state index contributed by atoms with van der Waals surface area (Å²) in [5.74, 6) is 3.06. The lowest BCUT2D eigenvalue weighted by molar-refractivity contribution is -0.664. The predicted molar refractivity (Wildman–Crippen MR) is 562 cm³/mol. The van der Waals surface area contributed by atoms with Gasteiger partial charge in [-0.15, -0.1) is 0 Å². The van der Waals surface area contributed by atoms with Crippen molar-refractivity contribution in [1.29, 1.82) is 0 Å². The first-order chi connectivity index (χ1) is 66.6. The van der Waals surface area contributed by atoms with E-state index in [1.54, 1.807) is 0 Å². The van der Waals surface area contributed by atoms with Crippen LogP contribution in [0, 0.1) is 88.0 Å². The van der Waals surface area contributed by atoms with Crippen LogP contribution in [0.15, 0.2) is 300 Å². The molecule has 4 aliphatic rings. The minimum atomic E-state index is 0.679. The van der Waals surface area contributed by atoms with Crippen molar-refractivity contribution in [2.45, 2.75) is 216 Å². The van der Waals surface area contributed by atoms with Gasteiger partial charge in [-0.2, -0.15) is 0 Å². The zero-order valence-electron chi connectivity index (χ0n) is 84.6. The summed E-state index contributed by atoms with van der Waals surface area (Å²) in [6, 6.07) is 80.2. The van der Waals surface area contributed by atoms with Crippen molar-refractivity contribution in [3.63, 3.8) is 0 Å². The van der Waals surface area contributed by atoms with Crippen molar-refractivity contribution in [2.24, 2.45) is 54.1 Å². The van der Waals surface area contributed by atoms with E-state index in [4.69, 9.17) is 0 Å². The second kappa shape index (κ2) is 47.0. The Morgan fingerprint density at radius 2 is 0.467 bits per heavy atom. The molecule has 0 bridgehead atoms. The summed E-state index contributed by atoms with van der Waals surface area (Å²) in [5, 5.41) is 0. The van der Waals surface area contributed by atoms with Crippen LogP contribution in [-0.4, -0.2) is 29.9 Å². The molecule has 16 aromatic rings. The van der Waals surface area contributed by atoms with E-state index in [0.29, 0.717) is 11.8 Å². The summed E-state index contributed by atoms with van der Waals surface area (Å²) in [6.45, 7) is 24.0. The van der Waals surface area contributed by atoms with E-state index >= 15 is 0 Å². The van der Waals surface area contributed by atoms with Crippen molar-refractivity contribution in [2.75, 3.05) is 0 Å². The van der Waals surface area contributed by atoms with E-state index in [-0.39, 0.29) is 0 Å². The number of nitrogens with zero attached hydrogens (tertiary/aromatic N) is 12. The van der Waals surface area contributed by atoms with E-state index in [2.05, 4.69) is 425 Å². The zero-order chi connectivity index (χ0) is 96.0. The number of benzene rings is 10. The number of aryl methyl sites for hydroxylation is 17. The maximum absolute atomic E-state index is 4.51. The van der Waals surface area contributed by atoms with Crippen LogP contribution in [0.2, 0.25) is 0 Å². The molecule has 4 aliphatic carbocycles. The summed E-state index contributed by atoms with van der Waals surface area (Å²) >= 11 is 0. The Kier molecular flexibility index (Phi) is 33.7. The zero-order valence-corrected chi connectivity index (χ0v) is 84.6. The molecule has 12 heteroatoms. The molecule has 0 radical (unpaired) electrons. The van der Waals surface area contributed by atoms with Crippen molar-refractivity contribution < 1.29 is 27.4 Å². The van der Waals surface area contributed by atoms with Gasteiger partial charge in [-0.3, -0.25) is 0 Å². The molecular weight excluding hydrogens is 1670 g/mol. The van der Waals surface area contributed by atoms with Crippen LogP contribution in [0.4, 0.5) is 0 Å². The Balaban J connectivity index is 0.000000126. The first-order valence-corrected chi connectivity index (χ1v) is 50.3. The van der Waals surface area contributed by atoms with Gasteiger partial charge in [-0.05, 0) is 227 Å². The Bertz CT molecular complexity index is 6740. The smallest absolute Gasteiger partial charge is 0.232 e. The Labute approximate surface area is 817 Å². The highest BCUT2D eigenvalue weighted by molar-refractivity contribution is 5.87.